The van der Waals surface area contributed by atoms with Crippen LogP contribution in [-0.2, 0) is 21.3 Å². The minimum Gasteiger partial charge on any atom is -0.383 e. The summed E-state index contributed by atoms with van der Waals surface area (Å²) in [6.45, 7) is 6.03. The summed E-state index contributed by atoms with van der Waals surface area (Å²) in [6.07, 6.45) is 1.04. The van der Waals surface area contributed by atoms with Crippen molar-refractivity contribution in [3.63, 3.8) is 0 Å². The van der Waals surface area contributed by atoms with Gasteiger partial charge < -0.3 is 10.1 Å². The first-order valence-electron chi connectivity index (χ1n) is 6.90. The molecule has 0 saturated heterocycles. The number of halogens is 1. The smallest absolute Gasteiger partial charge is 0.240 e. The van der Waals surface area contributed by atoms with Crippen molar-refractivity contribution in [2.75, 3.05) is 26.8 Å². The molecule has 0 amide bonds. The molecule has 2 N–H and O–H groups in total. The van der Waals surface area contributed by atoms with E-state index >= 15 is 0 Å². The van der Waals surface area contributed by atoms with Gasteiger partial charge in [-0.15, -0.1) is 0 Å². The van der Waals surface area contributed by atoms with Crippen LogP contribution in [0.25, 0.3) is 0 Å². The molecule has 0 atom stereocenters. The summed E-state index contributed by atoms with van der Waals surface area (Å²) in [5.41, 5.74) is 1.65. The number of hydrogen-bond acceptors (Lipinski definition) is 4. The van der Waals surface area contributed by atoms with E-state index in [4.69, 9.17) is 4.74 Å². The van der Waals surface area contributed by atoms with Crippen LogP contribution in [-0.4, -0.2) is 35.2 Å². The predicted octanol–water partition coefficient (Wildman–Crippen LogP) is 2.18. The predicted molar refractivity (Wildman–Crippen MR) is 87.9 cm³/mol. The van der Waals surface area contributed by atoms with Crippen molar-refractivity contribution in [2.45, 2.75) is 31.7 Å². The lowest BCUT2D eigenvalue weighted by atomic mass is 10.1. The van der Waals surface area contributed by atoms with Crippen molar-refractivity contribution in [1.29, 1.82) is 0 Å². The molecule has 1 aromatic rings. The number of sulfonamides is 1. The molecule has 5 nitrogen and oxygen atoms in total. The average Bonchev–Trinajstić information content (AvgIpc) is 2.42. The van der Waals surface area contributed by atoms with Gasteiger partial charge in [-0.05, 0) is 43.1 Å². The molecule has 1 aromatic carbocycles. The van der Waals surface area contributed by atoms with Crippen molar-refractivity contribution in [3.8, 4) is 0 Å². The second-order valence-electron chi connectivity index (χ2n) is 4.77. The lowest BCUT2D eigenvalue weighted by Gasteiger charge is -2.13. The van der Waals surface area contributed by atoms with Gasteiger partial charge in [0, 0.05) is 24.7 Å². The summed E-state index contributed by atoms with van der Waals surface area (Å²) in [6, 6.07) is 3.67. The van der Waals surface area contributed by atoms with E-state index in [1.807, 2.05) is 6.07 Å². The number of nitrogens with one attached hydrogen (secondary N) is 2. The van der Waals surface area contributed by atoms with Crippen molar-refractivity contribution in [2.24, 2.45) is 0 Å². The first-order chi connectivity index (χ1) is 9.92. The fourth-order valence-electron chi connectivity index (χ4n) is 1.85. The van der Waals surface area contributed by atoms with Crippen molar-refractivity contribution in [3.05, 3.63) is 27.7 Å². The molecule has 0 unspecified atom stereocenters. The van der Waals surface area contributed by atoms with E-state index in [-0.39, 0.29) is 6.54 Å². The highest BCUT2D eigenvalue weighted by atomic mass is 79.9. The number of methoxy groups -OCH3 is 1. The van der Waals surface area contributed by atoms with Crippen molar-refractivity contribution >= 4 is 26.0 Å². The molecular formula is C14H23BrN2O3S. The zero-order valence-electron chi connectivity index (χ0n) is 12.7. The molecule has 0 aliphatic heterocycles. The molecule has 0 fully saturated rings. The molecule has 7 heteroatoms. The van der Waals surface area contributed by atoms with Crippen LogP contribution in [0.3, 0.4) is 0 Å². The van der Waals surface area contributed by atoms with Gasteiger partial charge in [0.15, 0.2) is 0 Å². The lowest BCUT2D eigenvalue weighted by molar-refractivity contribution is 0.204. The third kappa shape index (κ3) is 5.67. The normalized spacial score (nSPS) is 11.8. The molecule has 1 rings (SSSR count). The van der Waals surface area contributed by atoms with Crippen LogP contribution in [0.4, 0.5) is 0 Å². The van der Waals surface area contributed by atoms with E-state index in [0.717, 1.165) is 23.0 Å². The Balaban J connectivity index is 2.99. The van der Waals surface area contributed by atoms with E-state index < -0.39 is 10.0 Å². The molecule has 0 aromatic heterocycles. The zero-order valence-corrected chi connectivity index (χ0v) is 15.1. The second kappa shape index (κ2) is 8.85. The Hall–Kier alpha value is -0.470. The first-order valence-corrected chi connectivity index (χ1v) is 9.18. The molecule has 120 valence electrons. The molecule has 0 saturated carbocycles. The highest BCUT2D eigenvalue weighted by Crippen LogP contribution is 2.25. The fourth-order valence-corrected chi connectivity index (χ4v) is 3.82. The van der Waals surface area contributed by atoms with Crippen LogP contribution in [0, 0.1) is 6.92 Å². The maximum absolute atomic E-state index is 12.4. The molecule has 0 aliphatic carbocycles. The third-order valence-corrected chi connectivity index (χ3v) is 5.41. The summed E-state index contributed by atoms with van der Waals surface area (Å²) >= 11 is 3.44. The van der Waals surface area contributed by atoms with Crippen molar-refractivity contribution < 1.29 is 13.2 Å². The van der Waals surface area contributed by atoms with E-state index in [2.05, 4.69) is 32.9 Å². The highest BCUT2D eigenvalue weighted by Gasteiger charge is 2.18. The Kier molecular flexibility index (Phi) is 7.83. The SMILES string of the molecule is CCCNCc1cc(Br)c(C)c(S(=O)(=O)NCCOC)c1. The molecule has 0 bridgehead atoms. The quantitative estimate of drug-likeness (QED) is 0.646. The Morgan fingerprint density at radius 2 is 2.00 bits per heavy atom. The van der Waals surface area contributed by atoms with Crippen LogP contribution in [0.1, 0.15) is 24.5 Å². The minimum absolute atomic E-state index is 0.258. The van der Waals surface area contributed by atoms with Gasteiger partial charge in [0.1, 0.15) is 0 Å². The van der Waals surface area contributed by atoms with Gasteiger partial charge in [0.25, 0.3) is 0 Å². The van der Waals surface area contributed by atoms with Crippen LogP contribution in [0.15, 0.2) is 21.5 Å². The van der Waals surface area contributed by atoms with Gasteiger partial charge in [-0.25, -0.2) is 13.1 Å². The van der Waals surface area contributed by atoms with Crippen LogP contribution >= 0.6 is 15.9 Å². The maximum Gasteiger partial charge on any atom is 0.240 e. The minimum atomic E-state index is -3.53. The van der Waals surface area contributed by atoms with Crippen molar-refractivity contribution in [1.82, 2.24) is 10.0 Å². The van der Waals surface area contributed by atoms with Crippen LogP contribution in [0.2, 0.25) is 0 Å². The topological polar surface area (TPSA) is 67.4 Å². The monoisotopic (exact) mass is 378 g/mol. The van der Waals surface area contributed by atoms with Crippen LogP contribution < -0.4 is 10.0 Å². The van der Waals surface area contributed by atoms with E-state index in [9.17, 15) is 8.42 Å². The zero-order chi connectivity index (χ0) is 15.9. The third-order valence-electron chi connectivity index (χ3n) is 3.00. The summed E-state index contributed by atoms with van der Waals surface area (Å²) < 4.78 is 32.9. The number of benzene rings is 1. The fraction of sp³-hybridized carbons (Fsp3) is 0.571. The Bertz CT molecular complexity index is 562. The highest BCUT2D eigenvalue weighted by molar-refractivity contribution is 9.10. The Morgan fingerprint density at radius 3 is 2.62 bits per heavy atom. The van der Waals surface area contributed by atoms with Crippen LogP contribution in [0.5, 0.6) is 0 Å². The molecule has 0 spiro atoms. The summed E-state index contributed by atoms with van der Waals surface area (Å²) in [5.74, 6) is 0. The molecule has 0 aliphatic rings. The van der Waals surface area contributed by atoms with Gasteiger partial charge in [-0.3, -0.25) is 0 Å². The first kappa shape index (κ1) is 18.6. The molecule has 0 heterocycles. The van der Waals surface area contributed by atoms with Gasteiger partial charge in [-0.2, -0.15) is 0 Å². The Morgan fingerprint density at radius 1 is 1.29 bits per heavy atom. The van der Waals surface area contributed by atoms with Gasteiger partial charge in [0.2, 0.25) is 10.0 Å². The van der Waals surface area contributed by atoms with Gasteiger partial charge in [0.05, 0.1) is 11.5 Å². The van der Waals surface area contributed by atoms with Gasteiger partial charge >= 0.3 is 0 Å². The van der Waals surface area contributed by atoms with Gasteiger partial charge in [-0.1, -0.05) is 22.9 Å². The largest absolute Gasteiger partial charge is 0.383 e. The lowest BCUT2D eigenvalue weighted by Crippen LogP contribution is -2.28. The van der Waals surface area contributed by atoms with E-state index in [1.165, 1.54) is 7.11 Å². The standard InChI is InChI=1S/C14H23BrN2O3S/c1-4-5-16-10-12-8-13(15)11(2)14(9-12)21(18,19)17-6-7-20-3/h8-9,16-17H,4-7,10H2,1-3H3. The summed E-state index contributed by atoms with van der Waals surface area (Å²) in [5, 5.41) is 3.27. The average molecular weight is 379 g/mol. The second-order valence-corrected chi connectivity index (χ2v) is 7.36. The molecular weight excluding hydrogens is 356 g/mol. The Labute approximate surface area is 135 Å². The number of hydrogen-bond donors (Lipinski definition) is 2. The summed E-state index contributed by atoms with van der Waals surface area (Å²) in [7, 11) is -1.99. The number of ether oxygens (including phenoxy) is 1. The number of rotatable bonds is 9. The summed E-state index contributed by atoms with van der Waals surface area (Å²) in [4.78, 5) is 0.307. The molecule has 21 heavy (non-hydrogen) atoms. The van der Waals surface area contributed by atoms with E-state index in [0.29, 0.717) is 23.6 Å². The maximum atomic E-state index is 12.4. The van der Waals surface area contributed by atoms with E-state index in [1.54, 1.807) is 13.0 Å². The molecule has 0 radical (unpaired) electrons.